The van der Waals surface area contributed by atoms with Crippen molar-refractivity contribution in [3.8, 4) is 5.75 Å². The third kappa shape index (κ3) is 2.38. The van der Waals surface area contributed by atoms with Crippen LogP contribution in [0.3, 0.4) is 0 Å². The van der Waals surface area contributed by atoms with Gasteiger partial charge in [-0.15, -0.1) is 0 Å². The van der Waals surface area contributed by atoms with E-state index in [0.717, 1.165) is 17.9 Å². The Hall–Kier alpha value is -1.02. The van der Waals surface area contributed by atoms with Crippen LogP contribution in [-0.2, 0) is 6.42 Å². The normalized spacial score (nSPS) is 26.5. The number of fused-ring (bicyclic) bond motifs is 1. The van der Waals surface area contributed by atoms with Gasteiger partial charge in [-0.05, 0) is 80.0 Å². The number of hydrogen-bond acceptors (Lipinski definition) is 2. The molecule has 0 heterocycles. The molecule has 1 aromatic rings. The summed E-state index contributed by atoms with van der Waals surface area (Å²) in [5, 5.41) is 13.7. The van der Waals surface area contributed by atoms with Gasteiger partial charge in [-0.25, -0.2) is 0 Å². The highest BCUT2D eigenvalue weighted by Crippen LogP contribution is 2.46. The quantitative estimate of drug-likeness (QED) is 0.864. The first kappa shape index (κ1) is 11.8. The maximum atomic E-state index is 9.76. The Morgan fingerprint density at radius 1 is 1.05 bits per heavy atom. The molecule has 19 heavy (non-hydrogen) atoms. The molecule has 2 N–H and O–H groups in total. The molecule has 1 unspecified atom stereocenters. The number of phenols is 1. The zero-order chi connectivity index (χ0) is 12.8. The largest absolute Gasteiger partial charge is 0.508 e. The molecular weight excluding hydrogens is 234 g/mol. The van der Waals surface area contributed by atoms with Crippen LogP contribution in [0, 0.1) is 11.8 Å². The summed E-state index contributed by atoms with van der Waals surface area (Å²) in [5.74, 6) is 2.30. The fourth-order valence-electron chi connectivity index (χ4n) is 3.76. The molecule has 0 aliphatic heterocycles. The summed E-state index contributed by atoms with van der Waals surface area (Å²) in [6.07, 6.45) is 9.37. The van der Waals surface area contributed by atoms with Gasteiger partial charge in [-0.1, -0.05) is 6.07 Å². The van der Waals surface area contributed by atoms with Crippen molar-refractivity contribution < 1.29 is 5.11 Å². The topological polar surface area (TPSA) is 32.3 Å². The summed E-state index contributed by atoms with van der Waals surface area (Å²) < 4.78 is 0. The maximum absolute atomic E-state index is 9.76. The molecular formula is C17H23NO. The zero-order valence-electron chi connectivity index (χ0n) is 11.4. The average molecular weight is 257 g/mol. The Morgan fingerprint density at radius 2 is 1.79 bits per heavy atom. The van der Waals surface area contributed by atoms with Crippen molar-refractivity contribution in [2.75, 3.05) is 0 Å². The molecule has 3 aliphatic carbocycles. The fourth-order valence-corrected chi connectivity index (χ4v) is 3.76. The van der Waals surface area contributed by atoms with Crippen molar-refractivity contribution >= 4 is 0 Å². The first-order valence-corrected chi connectivity index (χ1v) is 7.89. The minimum Gasteiger partial charge on any atom is -0.508 e. The van der Waals surface area contributed by atoms with Gasteiger partial charge in [-0.2, -0.15) is 0 Å². The molecule has 2 saturated carbocycles. The predicted molar refractivity (Wildman–Crippen MR) is 76.2 cm³/mol. The van der Waals surface area contributed by atoms with E-state index in [1.165, 1.54) is 56.1 Å². The van der Waals surface area contributed by atoms with Crippen LogP contribution in [-0.4, -0.2) is 11.1 Å². The number of rotatable bonds is 4. The molecule has 102 valence electrons. The Morgan fingerprint density at radius 3 is 2.47 bits per heavy atom. The number of benzene rings is 1. The molecule has 0 bridgehead atoms. The van der Waals surface area contributed by atoms with Crippen LogP contribution in [0.5, 0.6) is 5.75 Å². The summed E-state index contributed by atoms with van der Waals surface area (Å²) >= 11 is 0. The van der Waals surface area contributed by atoms with Crippen molar-refractivity contribution in [2.45, 2.75) is 57.0 Å². The first-order valence-electron chi connectivity index (χ1n) is 7.89. The van der Waals surface area contributed by atoms with E-state index >= 15 is 0 Å². The third-order valence-corrected chi connectivity index (χ3v) is 5.10. The number of nitrogens with one attached hydrogen (secondary N) is 1. The number of aryl methyl sites for hydroxylation is 1. The van der Waals surface area contributed by atoms with E-state index in [0.29, 0.717) is 11.8 Å². The van der Waals surface area contributed by atoms with Gasteiger partial charge in [0.2, 0.25) is 0 Å². The van der Waals surface area contributed by atoms with E-state index in [9.17, 15) is 5.11 Å². The fraction of sp³-hybridized carbons (Fsp3) is 0.647. The Labute approximate surface area is 115 Å². The van der Waals surface area contributed by atoms with Crippen LogP contribution in [0.4, 0.5) is 0 Å². The van der Waals surface area contributed by atoms with Gasteiger partial charge >= 0.3 is 0 Å². The second-order valence-corrected chi connectivity index (χ2v) is 6.70. The van der Waals surface area contributed by atoms with E-state index in [-0.39, 0.29) is 0 Å². The van der Waals surface area contributed by atoms with Gasteiger partial charge in [0.1, 0.15) is 5.75 Å². The molecule has 1 aromatic carbocycles. The Balaban J connectivity index is 1.56. The SMILES string of the molecule is Oc1ccc2c(c1)C(NC(C1CC1)C1CC1)CCC2. The Bertz CT molecular complexity index is 464. The van der Waals surface area contributed by atoms with E-state index in [1.807, 2.05) is 12.1 Å². The van der Waals surface area contributed by atoms with Crippen molar-refractivity contribution in [2.24, 2.45) is 11.8 Å². The monoisotopic (exact) mass is 257 g/mol. The highest BCUT2D eigenvalue weighted by atomic mass is 16.3. The van der Waals surface area contributed by atoms with Crippen LogP contribution in [0.2, 0.25) is 0 Å². The molecule has 0 aromatic heterocycles. The van der Waals surface area contributed by atoms with E-state index < -0.39 is 0 Å². The molecule has 0 saturated heterocycles. The van der Waals surface area contributed by atoms with Gasteiger partial charge in [-0.3, -0.25) is 0 Å². The summed E-state index contributed by atoms with van der Waals surface area (Å²) in [5.41, 5.74) is 2.80. The van der Waals surface area contributed by atoms with Crippen LogP contribution in [0.15, 0.2) is 18.2 Å². The lowest BCUT2D eigenvalue weighted by molar-refractivity contribution is 0.339. The molecule has 0 amide bonds. The number of aromatic hydroxyl groups is 1. The molecule has 2 nitrogen and oxygen atoms in total. The van der Waals surface area contributed by atoms with Gasteiger partial charge in [0.05, 0.1) is 0 Å². The molecule has 2 heteroatoms. The van der Waals surface area contributed by atoms with E-state index in [1.54, 1.807) is 0 Å². The van der Waals surface area contributed by atoms with Crippen LogP contribution in [0.1, 0.15) is 55.7 Å². The Kier molecular flexibility index (Phi) is 2.80. The standard InChI is InChI=1S/C17H23NO/c19-14-9-8-11-2-1-3-16(15(11)10-14)18-17(12-4-5-12)13-6-7-13/h8-10,12-13,16-19H,1-7H2. The minimum absolute atomic E-state index is 0.418. The van der Waals surface area contributed by atoms with Gasteiger partial charge in [0, 0.05) is 12.1 Å². The van der Waals surface area contributed by atoms with Crippen molar-refractivity contribution in [1.82, 2.24) is 5.32 Å². The van der Waals surface area contributed by atoms with Crippen molar-refractivity contribution in [3.63, 3.8) is 0 Å². The minimum atomic E-state index is 0.418. The maximum Gasteiger partial charge on any atom is 0.115 e. The van der Waals surface area contributed by atoms with Crippen LogP contribution >= 0.6 is 0 Å². The van der Waals surface area contributed by atoms with E-state index in [2.05, 4.69) is 11.4 Å². The second kappa shape index (κ2) is 4.52. The molecule has 1 atom stereocenters. The van der Waals surface area contributed by atoms with Crippen molar-refractivity contribution in [1.29, 1.82) is 0 Å². The van der Waals surface area contributed by atoms with Crippen LogP contribution < -0.4 is 5.32 Å². The van der Waals surface area contributed by atoms with Gasteiger partial charge in [0.25, 0.3) is 0 Å². The summed E-state index contributed by atoms with van der Waals surface area (Å²) in [6.45, 7) is 0. The lowest BCUT2D eigenvalue weighted by atomic mass is 9.86. The summed E-state index contributed by atoms with van der Waals surface area (Å²) in [7, 11) is 0. The summed E-state index contributed by atoms with van der Waals surface area (Å²) in [6, 6.07) is 7.16. The van der Waals surface area contributed by atoms with Gasteiger partial charge in [0.15, 0.2) is 0 Å². The number of hydrogen-bond donors (Lipinski definition) is 2. The molecule has 3 aliphatic rings. The summed E-state index contributed by atoms with van der Waals surface area (Å²) in [4.78, 5) is 0. The van der Waals surface area contributed by atoms with E-state index in [4.69, 9.17) is 0 Å². The molecule has 4 rings (SSSR count). The molecule has 0 spiro atoms. The molecule has 2 fully saturated rings. The van der Waals surface area contributed by atoms with Crippen LogP contribution in [0.25, 0.3) is 0 Å². The second-order valence-electron chi connectivity index (χ2n) is 6.70. The predicted octanol–water partition coefficient (Wildman–Crippen LogP) is 3.55. The number of phenolic OH excluding ortho intramolecular Hbond substituents is 1. The highest BCUT2D eigenvalue weighted by molar-refractivity contribution is 5.38. The third-order valence-electron chi connectivity index (χ3n) is 5.10. The highest BCUT2D eigenvalue weighted by Gasteiger charge is 2.42. The first-order chi connectivity index (χ1) is 9.31. The zero-order valence-corrected chi connectivity index (χ0v) is 11.4. The van der Waals surface area contributed by atoms with Crippen molar-refractivity contribution in [3.05, 3.63) is 29.3 Å². The van der Waals surface area contributed by atoms with Gasteiger partial charge < -0.3 is 10.4 Å². The molecule has 0 radical (unpaired) electrons. The lowest BCUT2D eigenvalue weighted by Gasteiger charge is -2.31. The smallest absolute Gasteiger partial charge is 0.115 e. The average Bonchev–Trinajstić information content (AvgIpc) is 3.28. The lowest BCUT2D eigenvalue weighted by Crippen LogP contribution is -2.37.